The van der Waals surface area contributed by atoms with Crippen molar-refractivity contribution in [3.8, 4) is 5.75 Å². The van der Waals surface area contributed by atoms with Gasteiger partial charge in [0.15, 0.2) is 0 Å². The number of nitrogens with zero attached hydrogens (tertiary/aromatic N) is 2. The molecule has 7 heteroatoms. The van der Waals surface area contributed by atoms with Gasteiger partial charge in [0, 0.05) is 48.4 Å². The molecule has 2 aliphatic rings. The van der Waals surface area contributed by atoms with Gasteiger partial charge in [0.05, 0.1) is 6.04 Å². The number of hydrogen-bond donors (Lipinski definition) is 3. The molecule has 1 aliphatic carbocycles. The summed E-state index contributed by atoms with van der Waals surface area (Å²) in [6.07, 6.45) is 1.45. The second-order valence-corrected chi connectivity index (χ2v) is 8.50. The highest BCUT2D eigenvalue weighted by molar-refractivity contribution is 5.79. The molecule has 3 N–H and O–H groups in total. The molecule has 1 saturated carbocycles. The lowest BCUT2D eigenvalue weighted by molar-refractivity contribution is -0.0166. The number of halogens is 1. The van der Waals surface area contributed by atoms with Crippen molar-refractivity contribution in [2.45, 2.75) is 57.1 Å². The maximum atomic E-state index is 14.4. The van der Waals surface area contributed by atoms with Crippen LogP contribution >= 0.6 is 0 Å². The zero-order valence-electron chi connectivity index (χ0n) is 17.0. The summed E-state index contributed by atoms with van der Waals surface area (Å²) in [5.41, 5.74) is 3.36. The molecule has 0 amide bonds. The van der Waals surface area contributed by atoms with E-state index in [0.717, 1.165) is 22.2 Å². The summed E-state index contributed by atoms with van der Waals surface area (Å²) in [4.78, 5) is 4.47. The number of aromatic nitrogens is 2. The van der Waals surface area contributed by atoms with Gasteiger partial charge < -0.3 is 24.8 Å². The van der Waals surface area contributed by atoms with Crippen LogP contribution in [0.3, 0.4) is 0 Å². The van der Waals surface area contributed by atoms with Crippen molar-refractivity contribution in [2.24, 2.45) is 0 Å². The fourth-order valence-electron chi connectivity index (χ4n) is 4.94. The molecule has 158 valence electrons. The second-order valence-electron chi connectivity index (χ2n) is 8.50. The van der Waals surface area contributed by atoms with E-state index in [2.05, 4.69) is 10.3 Å². The second kappa shape index (κ2) is 7.34. The van der Waals surface area contributed by atoms with Crippen LogP contribution < -0.4 is 10.1 Å². The number of fused-ring (bicyclic) bond motifs is 2. The van der Waals surface area contributed by atoms with E-state index in [1.807, 2.05) is 36.7 Å². The van der Waals surface area contributed by atoms with Gasteiger partial charge in [-0.25, -0.2) is 9.37 Å². The lowest BCUT2D eigenvalue weighted by atomic mass is 9.91. The topological polar surface area (TPSA) is 79.5 Å². The first-order valence-electron chi connectivity index (χ1n) is 10.4. The van der Waals surface area contributed by atoms with E-state index in [9.17, 15) is 14.6 Å². The molecule has 3 heterocycles. The van der Waals surface area contributed by atoms with Gasteiger partial charge in [0.1, 0.15) is 35.5 Å². The zero-order valence-corrected chi connectivity index (χ0v) is 17.0. The summed E-state index contributed by atoms with van der Waals surface area (Å²) in [5.74, 6) is 0.384. The van der Waals surface area contributed by atoms with Crippen molar-refractivity contribution >= 4 is 11.0 Å². The number of aryl methyl sites for hydroxylation is 1. The molecular weight excluding hydrogens is 385 g/mol. The number of rotatable bonds is 3. The summed E-state index contributed by atoms with van der Waals surface area (Å²) in [7, 11) is 0. The lowest BCUT2D eigenvalue weighted by Gasteiger charge is -2.28. The van der Waals surface area contributed by atoms with Crippen molar-refractivity contribution in [3.05, 3.63) is 59.2 Å². The Morgan fingerprint density at radius 1 is 1.20 bits per heavy atom. The largest absolute Gasteiger partial charge is 0.487 e. The van der Waals surface area contributed by atoms with Gasteiger partial charge in [-0.2, -0.15) is 0 Å². The molecule has 5 rings (SSSR count). The van der Waals surface area contributed by atoms with Crippen LogP contribution in [0.1, 0.15) is 42.0 Å². The molecule has 2 aromatic heterocycles. The molecule has 5 atom stereocenters. The van der Waals surface area contributed by atoms with Crippen LogP contribution in [0.15, 0.2) is 36.7 Å². The minimum atomic E-state index is -1.05. The predicted octanol–water partition coefficient (Wildman–Crippen LogP) is 2.80. The number of nitrogens with one attached hydrogen (secondary N) is 1. The van der Waals surface area contributed by atoms with Gasteiger partial charge in [-0.3, -0.25) is 0 Å². The fourth-order valence-corrected chi connectivity index (χ4v) is 4.94. The van der Waals surface area contributed by atoms with E-state index < -0.39 is 18.3 Å². The summed E-state index contributed by atoms with van der Waals surface area (Å²) in [6.45, 7) is 5.24. The Labute approximate surface area is 174 Å². The third kappa shape index (κ3) is 3.00. The zero-order chi connectivity index (χ0) is 21.0. The smallest absolute Gasteiger partial charge is 0.140 e. The molecule has 1 aromatic carbocycles. The summed E-state index contributed by atoms with van der Waals surface area (Å²) >= 11 is 0. The van der Waals surface area contributed by atoms with E-state index >= 15 is 0 Å². The highest BCUT2D eigenvalue weighted by atomic mass is 19.1. The van der Waals surface area contributed by atoms with E-state index in [4.69, 9.17) is 4.74 Å². The Kier molecular flexibility index (Phi) is 4.76. The molecule has 5 unspecified atom stereocenters. The van der Waals surface area contributed by atoms with E-state index in [1.54, 1.807) is 12.3 Å². The average molecular weight is 411 g/mol. The molecule has 6 nitrogen and oxygen atoms in total. The highest BCUT2D eigenvalue weighted by Crippen LogP contribution is 2.39. The maximum absolute atomic E-state index is 14.4. The lowest BCUT2D eigenvalue weighted by Crippen LogP contribution is -2.35. The van der Waals surface area contributed by atoms with E-state index in [1.165, 1.54) is 6.07 Å². The van der Waals surface area contributed by atoms with Crippen LogP contribution in [0.25, 0.3) is 11.0 Å². The SMILES string of the molecule is Cc1ccnc2c1ccn2C1CC(Oc2ccc(F)c3c2CNCC3C)C(O)C1O. The fraction of sp³-hybridized carbons (Fsp3) is 0.435. The first-order chi connectivity index (χ1) is 14.5. The van der Waals surface area contributed by atoms with Crippen LogP contribution in [0, 0.1) is 12.7 Å². The van der Waals surface area contributed by atoms with Crippen LogP contribution in [0.5, 0.6) is 5.75 Å². The molecular formula is C23H26FN3O3. The maximum Gasteiger partial charge on any atom is 0.140 e. The minimum Gasteiger partial charge on any atom is -0.487 e. The molecule has 0 bridgehead atoms. The number of aliphatic hydroxyl groups is 2. The van der Waals surface area contributed by atoms with Crippen molar-refractivity contribution in [3.63, 3.8) is 0 Å². The Morgan fingerprint density at radius 2 is 2.03 bits per heavy atom. The molecule has 1 aliphatic heterocycles. The monoisotopic (exact) mass is 411 g/mol. The molecule has 3 aromatic rings. The first-order valence-corrected chi connectivity index (χ1v) is 10.4. The van der Waals surface area contributed by atoms with Crippen LogP contribution in [0.4, 0.5) is 4.39 Å². The highest BCUT2D eigenvalue weighted by Gasteiger charge is 2.44. The third-order valence-corrected chi connectivity index (χ3v) is 6.57. The van der Waals surface area contributed by atoms with Crippen molar-refractivity contribution < 1.29 is 19.3 Å². The number of benzene rings is 1. The van der Waals surface area contributed by atoms with E-state index in [-0.39, 0.29) is 17.8 Å². The van der Waals surface area contributed by atoms with E-state index in [0.29, 0.717) is 30.8 Å². The Morgan fingerprint density at radius 3 is 2.87 bits per heavy atom. The van der Waals surface area contributed by atoms with Gasteiger partial charge in [-0.15, -0.1) is 0 Å². The molecule has 1 fully saturated rings. The molecule has 30 heavy (non-hydrogen) atoms. The minimum absolute atomic E-state index is 0.0460. The van der Waals surface area contributed by atoms with Crippen molar-refractivity contribution in [1.82, 2.24) is 14.9 Å². The van der Waals surface area contributed by atoms with Crippen LogP contribution in [0.2, 0.25) is 0 Å². The van der Waals surface area contributed by atoms with Gasteiger partial charge in [0.2, 0.25) is 0 Å². The molecule has 0 spiro atoms. The standard InChI is InChI=1S/C23H26FN3O3/c1-12-5-7-26-23-14(12)6-8-27(23)17-9-19(22(29)21(17)28)30-18-4-3-16(24)20-13(2)10-25-11-15(18)20/h3-8,13,17,19,21-22,25,28-29H,9-11H2,1-2H3. The van der Waals surface area contributed by atoms with Crippen LogP contribution in [-0.2, 0) is 6.54 Å². The van der Waals surface area contributed by atoms with Gasteiger partial charge in [-0.1, -0.05) is 6.92 Å². The number of hydrogen-bond acceptors (Lipinski definition) is 5. The van der Waals surface area contributed by atoms with Gasteiger partial charge >= 0.3 is 0 Å². The Bertz CT molecular complexity index is 1100. The van der Waals surface area contributed by atoms with Gasteiger partial charge in [0.25, 0.3) is 0 Å². The molecule has 0 saturated heterocycles. The summed E-state index contributed by atoms with van der Waals surface area (Å²) in [6, 6.07) is 6.62. The summed E-state index contributed by atoms with van der Waals surface area (Å²) in [5, 5.41) is 25.8. The quantitative estimate of drug-likeness (QED) is 0.618. The van der Waals surface area contributed by atoms with Crippen LogP contribution in [-0.4, -0.2) is 44.6 Å². The Balaban J connectivity index is 1.45. The third-order valence-electron chi connectivity index (χ3n) is 6.57. The van der Waals surface area contributed by atoms with Crippen molar-refractivity contribution in [1.29, 1.82) is 0 Å². The molecule has 0 radical (unpaired) electrons. The number of ether oxygens (including phenoxy) is 1. The first kappa shape index (κ1) is 19.5. The average Bonchev–Trinajstić information content (AvgIpc) is 3.27. The number of pyridine rings is 1. The number of aliphatic hydroxyl groups excluding tert-OH is 2. The summed E-state index contributed by atoms with van der Waals surface area (Å²) < 4.78 is 22.5. The normalized spacial score (nSPS) is 28.6. The van der Waals surface area contributed by atoms with Crippen molar-refractivity contribution in [2.75, 3.05) is 6.54 Å². The predicted molar refractivity (Wildman–Crippen MR) is 111 cm³/mol. The Hall–Kier alpha value is -2.48. The van der Waals surface area contributed by atoms with Gasteiger partial charge in [-0.05, 0) is 42.7 Å².